The predicted octanol–water partition coefficient (Wildman–Crippen LogP) is 2.60. The molecule has 1 fully saturated rings. The molecule has 1 aliphatic carbocycles. The second-order valence-electron chi connectivity index (χ2n) is 4.55. The average Bonchev–Trinajstić information content (AvgIpc) is 2.29. The van der Waals surface area contributed by atoms with E-state index in [1.807, 2.05) is 0 Å². The van der Waals surface area contributed by atoms with Gasteiger partial charge in [-0.05, 0) is 30.5 Å². The Morgan fingerprint density at radius 3 is 2.76 bits per heavy atom. The van der Waals surface area contributed by atoms with E-state index >= 15 is 0 Å². The van der Waals surface area contributed by atoms with E-state index in [2.05, 4.69) is 0 Å². The van der Waals surface area contributed by atoms with Crippen molar-refractivity contribution in [3.05, 3.63) is 34.9 Å². The van der Waals surface area contributed by atoms with Gasteiger partial charge in [0, 0.05) is 5.02 Å². The summed E-state index contributed by atoms with van der Waals surface area (Å²) >= 11 is 5.90. The van der Waals surface area contributed by atoms with E-state index in [-0.39, 0.29) is 0 Å². The van der Waals surface area contributed by atoms with Gasteiger partial charge in [-0.15, -0.1) is 0 Å². The maximum Gasteiger partial charge on any atom is 0.316 e. The van der Waals surface area contributed by atoms with Crippen molar-refractivity contribution in [2.24, 2.45) is 0 Å². The van der Waals surface area contributed by atoms with Crippen LogP contribution < -0.4 is 0 Å². The van der Waals surface area contributed by atoms with Crippen LogP contribution in [-0.2, 0) is 10.2 Å². The third-order valence-electron chi connectivity index (χ3n) is 3.59. The highest BCUT2D eigenvalue weighted by Crippen LogP contribution is 2.40. The molecule has 0 spiro atoms. The maximum atomic E-state index is 11.6. The number of carboxylic acid groups (broad SMARTS) is 1. The van der Waals surface area contributed by atoms with E-state index in [1.54, 1.807) is 24.3 Å². The average molecular weight is 255 g/mol. The van der Waals surface area contributed by atoms with Crippen LogP contribution in [-0.4, -0.2) is 22.3 Å². The molecule has 0 amide bonds. The zero-order valence-corrected chi connectivity index (χ0v) is 10.2. The first-order valence-electron chi connectivity index (χ1n) is 5.75. The number of aliphatic hydroxyl groups excluding tert-OH is 1. The molecular formula is C13H15ClO3. The number of hydrogen-bond acceptors (Lipinski definition) is 2. The molecule has 3 nitrogen and oxygen atoms in total. The normalized spacial score (nSPS) is 28.9. The van der Waals surface area contributed by atoms with Gasteiger partial charge in [-0.1, -0.05) is 36.6 Å². The summed E-state index contributed by atoms with van der Waals surface area (Å²) in [6.07, 6.45) is 1.84. The zero-order valence-electron chi connectivity index (χ0n) is 9.40. The van der Waals surface area contributed by atoms with Crippen LogP contribution in [0.2, 0.25) is 5.02 Å². The number of carbonyl (C=O) groups is 1. The van der Waals surface area contributed by atoms with E-state index in [0.29, 0.717) is 23.4 Å². The minimum Gasteiger partial charge on any atom is -0.481 e. The van der Waals surface area contributed by atoms with Crippen LogP contribution in [0.1, 0.15) is 31.2 Å². The van der Waals surface area contributed by atoms with Crippen LogP contribution in [0.4, 0.5) is 0 Å². The van der Waals surface area contributed by atoms with Gasteiger partial charge >= 0.3 is 5.97 Å². The van der Waals surface area contributed by atoms with Crippen LogP contribution in [0.3, 0.4) is 0 Å². The quantitative estimate of drug-likeness (QED) is 0.853. The van der Waals surface area contributed by atoms with Gasteiger partial charge in [0.1, 0.15) is 5.41 Å². The van der Waals surface area contributed by atoms with Crippen molar-refractivity contribution in [1.82, 2.24) is 0 Å². The summed E-state index contributed by atoms with van der Waals surface area (Å²) in [6.45, 7) is 0. The minimum atomic E-state index is -1.19. The molecule has 0 aromatic heterocycles. The van der Waals surface area contributed by atoms with Gasteiger partial charge < -0.3 is 10.2 Å². The smallest absolute Gasteiger partial charge is 0.316 e. The highest BCUT2D eigenvalue weighted by molar-refractivity contribution is 6.30. The molecule has 2 N–H and O–H groups in total. The third kappa shape index (κ3) is 2.05. The number of hydrogen-bond donors (Lipinski definition) is 2. The van der Waals surface area contributed by atoms with Gasteiger partial charge in [-0.25, -0.2) is 0 Å². The monoisotopic (exact) mass is 254 g/mol. The molecule has 1 saturated carbocycles. The van der Waals surface area contributed by atoms with Crippen molar-refractivity contribution in [3.8, 4) is 0 Å². The van der Waals surface area contributed by atoms with E-state index in [4.69, 9.17) is 11.6 Å². The Morgan fingerprint density at radius 1 is 1.41 bits per heavy atom. The molecule has 17 heavy (non-hydrogen) atoms. The maximum absolute atomic E-state index is 11.6. The number of benzene rings is 1. The van der Waals surface area contributed by atoms with Gasteiger partial charge in [0.2, 0.25) is 0 Å². The lowest BCUT2D eigenvalue weighted by Gasteiger charge is -2.38. The largest absolute Gasteiger partial charge is 0.481 e. The summed E-state index contributed by atoms with van der Waals surface area (Å²) in [5.41, 5.74) is -0.590. The van der Waals surface area contributed by atoms with E-state index in [0.717, 1.165) is 12.8 Å². The fourth-order valence-electron chi connectivity index (χ4n) is 2.63. The number of rotatable bonds is 2. The lowest BCUT2D eigenvalue weighted by Crippen LogP contribution is -2.48. The van der Waals surface area contributed by atoms with Gasteiger partial charge in [-0.3, -0.25) is 4.79 Å². The Bertz CT molecular complexity index is 432. The Balaban J connectivity index is 2.50. The van der Waals surface area contributed by atoms with E-state index < -0.39 is 17.5 Å². The van der Waals surface area contributed by atoms with Crippen molar-refractivity contribution in [3.63, 3.8) is 0 Å². The van der Waals surface area contributed by atoms with Crippen LogP contribution >= 0.6 is 11.6 Å². The van der Waals surface area contributed by atoms with Gasteiger partial charge in [0.05, 0.1) is 6.10 Å². The van der Waals surface area contributed by atoms with Gasteiger partial charge in [0.25, 0.3) is 0 Å². The van der Waals surface area contributed by atoms with Crippen molar-refractivity contribution in [1.29, 1.82) is 0 Å². The first kappa shape index (κ1) is 12.4. The molecule has 92 valence electrons. The lowest BCUT2D eigenvalue weighted by molar-refractivity contribution is -0.151. The zero-order chi connectivity index (χ0) is 12.5. The molecule has 2 atom stereocenters. The topological polar surface area (TPSA) is 57.5 Å². The highest BCUT2D eigenvalue weighted by Gasteiger charge is 2.48. The molecule has 1 aromatic rings. The van der Waals surface area contributed by atoms with Crippen LogP contribution in [0.25, 0.3) is 0 Å². The number of carboxylic acids is 1. The number of aliphatic hydroxyl groups is 1. The SMILES string of the molecule is O=C(O)[C@@]1(c2cccc(Cl)c2)CCCC[C@H]1O. The molecule has 1 aliphatic rings. The lowest BCUT2D eigenvalue weighted by atomic mass is 9.67. The first-order valence-corrected chi connectivity index (χ1v) is 6.12. The molecule has 0 aliphatic heterocycles. The minimum absolute atomic E-state index is 0.462. The molecule has 2 rings (SSSR count). The van der Waals surface area contributed by atoms with Crippen molar-refractivity contribution in [2.75, 3.05) is 0 Å². The number of halogens is 1. The van der Waals surface area contributed by atoms with Gasteiger partial charge in [-0.2, -0.15) is 0 Å². The summed E-state index contributed by atoms with van der Waals surface area (Å²) in [7, 11) is 0. The molecule has 0 saturated heterocycles. The molecule has 4 heteroatoms. The standard InChI is InChI=1S/C13H15ClO3/c14-10-5-3-4-9(8-10)13(12(16)17)7-2-1-6-11(13)15/h3-5,8,11,15H,1-2,6-7H2,(H,16,17)/t11-,13-/m1/s1. The van der Waals surface area contributed by atoms with E-state index in [1.165, 1.54) is 0 Å². The second kappa shape index (κ2) is 4.67. The van der Waals surface area contributed by atoms with Crippen LogP contribution in [0.15, 0.2) is 24.3 Å². The molecule has 0 heterocycles. The molecule has 0 bridgehead atoms. The summed E-state index contributed by atoms with van der Waals surface area (Å²) in [5.74, 6) is -0.966. The molecule has 0 radical (unpaired) electrons. The Morgan fingerprint density at radius 2 is 2.18 bits per heavy atom. The summed E-state index contributed by atoms with van der Waals surface area (Å²) < 4.78 is 0. The fraction of sp³-hybridized carbons (Fsp3) is 0.462. The highest BCUT2D eigenvalue weighted by atomic mass is 35.5. The van der Waals surface area contributed by atoms with Gasteiger partial charge in [0.15, 0.2) is 0 Å². The fourth-order valence-corrected chi connectivity index (χ4v) is 2.82. The third-order valence-corrected chi connectivity index (χ3v) is 3.82. The Kier molecular flexibility index (Phi) is 3.40. The van der Waals surface area contributed by atoms with Crippen LogP contribution in [0, 0.1) is 0 Å². The summed E-state index contributed by atoms with van der Waals surface area (Å²) in [4.78, 5) is 11.6. The summed E-state index contributed by atoms with van der Waals surface area (Å²) in [5, 5.41) is 20.1. The number of aliphatic carboxylic acids is 1. The van der Waals surface area contributed by atoms with Crippen molar-refractivity contribution < 1.29 is 15.0 Å². The Hall–Kier alpha value is -1.06. The first-order chi connectivity index (χ1) is 8.07. The van der Waals surface area contributed by atoms with Crippen molar-refractivity contribution in [2.45, 2.75) is 37.2 Å². The van der Waals surface area contributed by atoms with E-state index in [9.17, 15) is 15.0 Å². The molecule has 1 aromatic carbocycles. The van der Waals surface area contributed by atoms with Crippen molar-refractivity contribution >= 4 is 17.6 Å². The molecular weight excluding hydrogens is 240 g/mol. The molecule has 0 unspecified atom stereocenters. The summed E-state index contributed by atoms with van der Waals surface area (Å²) in [6, 6.07) is 6.80. The van der Waals surface area contributed by atoms with Crippen LogP contribution in [0.5, 0.6) is 0 Å². The Labute approximate surface area is 105 Å². The second-order valence-corrected chi connectivity index (χ2v) is 4.98. The predicted molar refractivity (Wildman–Crippen MR) is 65.2 cm³/mol.